The van der Waals surface area contributed by atoms with Gasteiger partial charge in [0.25, 0.3) is 5.56 Å². The van der Waals surface area contributed by atoms with Gasteiger partial charge in [0.15, 0.2) is 5.82 Å². The zero-order chi connectivity index (χ0) is 11.1. The summed E-state index contributed by atoms with van der Waals surface area (Å²) >= 11 is 0. The zero-order valence-electron chi connectivity index (χ0n) is 9.29. The average Bonchev–Trinajstić information content (AvgIpc) is 2.63. The first-order chi connectivity index (χ1) is 7.06. The molecular weight excluding hydrogens is 192 g/mol. The maximum Gasteiger partial charge on any atom is 0.276 e. The molecule has 0 bridgehead atoms. The summed E-state index contributed by atoms with van der Waals surface area (Å²) in [6.07, 6.45) is 2.45. The van der Waals surface area contributed by atoms with Gasteiger partial charge in [0.1, 0.15) is 5.69 Å². The van der Waals surface area contributed by atoms with Gasteiger partial charge in [0.2, 0.25) is 0 Å². The van der Waals surface area contributed by atoms with E-state index in [1.54, 1.807) is 0 Å². The van der Waals surface area contributed by atoms with Crippen LogP contribution in [0.15, 0.2) is 11.1 Å². The zero-order valence-corrected chi connectivity index (χ0v) is 9.29. The van der Waals surface area contributed by atoms with Crippen LogP contribution < -0.4 is 15.8 Å². The van der Waals surface area contributed by atoms with Crippen LogP contribution in [0, 0.1) is 0 Å². The third-order valence-corrected chi connectivity index (χ3v) is 3.10. The first-order valence-electron chi connectivity index (χ1n) is 5.15. The quantitative estimate of drug-likeness (QED) is 0.765. The minimum Gasteiger partial charge on any atom is -0.360 e. The molecule has 0 unspecified atom stereocenters. The number of hydrogen-bond donors (Lipinski definition) is 2. The lowest BCUT2D eigenvalue weighted by Gasteiger charge is -2.35. The van der Waals surface area contributed by atoms with Crippen LogP contribution in [-0.2, 0) is 0 Å². The van der Waals surface area contributed by atoms with Crippen LogP contribution in [0.2, 0.25) is 0 Å². The number of nitrogens with one attached hydrogen (secondary N) is 2. The average molecular weight is 208 g/mol. The van der Waals surface area contributed by atoms with E-state index in [4.69, 9.17) is 0 Å². The summed E-state index contributed by atoms with van der Waals surface area (Å²) in [7, 11) is 0. The van der Waals surface area contributed by atoms with Crippen molar-refractivity contribution in [2.24, 2.45) is 0 Å². The van der Waals surface area contributed by atoms with Crippen molar-refractivity contribution in [2.45, 2.75) is 32.7 Å². The van der Waals surface area contributed by atoms with E-state index in [0.717, 1.165) is 12.2 Å². The first kappa shape index (κ1) is 10.0. The highest BCUT2D eigenvalue weighted by Gasteiger charge is 2.32. The van der Waals surface area contributed by atoms with Crippen molar-refractivity contribution >= 4 is 11.5 Å². The Bertz CT molecular complexity index is 424. The minimum atomic E-state index is -0.102. The third kappa shape index (κ3) is 1.48. The van der Waals surface area contributed by atoms with Gasteiger partial charge in [-0.1, -0.05) is 6.92 Å². The molecule has 1 aliphatic heterocycles. The second kappa shape index (κ2) is 3.25. The van der Waals surface area contributed by atoms with Gasteiger partial charge in [-0.05, 0) is 20.3 Å². The molecule has 0 spiro atoms. The smallest absolute Gasteiger partial charge is 0.276 e. The number of anilines is 2. The molecule has 1 aromatic heterocycles. The van der Waals surface area contributed by atoms with E-state index >= 15 is 0 Å². The molecule has 15 heavy (non-hydrogen) atoms. The highest BCUT2D eigenvalue weighted by molar-refractivity contribution is 5.70. The third-order valence-electron chi connectivity index (χ3n) is 3.10. The molecule has 0 atom stereocenters. The number of aromatic amines is 1. The molecule has 0 fully saturated rings. The second-order valence-corrected chi connectivity index (χ2v) is 4.36. The van der Waals surface area contributed by atoms with Gasteiger partial charge in [0.05, 0.1) is 13.0 Å². The van der Waals surface area contributed by atoms with E-state index < -0.39 is 0 Å². The van der Waals surface area contributed by atoms with Crippen molar-refractivity contribution in [3.8, 4) is 0 Å². The van der Waals surface area contributed by atoms with Crippen LogP contribution in [0.4, 0.5) is 11.5 Å². The summed E-state index contributed by atoms with van der Waals surface area (Å²) in [5.74, 6) is 0.755. The van der Waals surface area contributed by atoms with Crippen molar-refractivity contribution in [3.05, 3.63) is 16.7 Å². The van der Waals surface area contributed by atoms with Crippen molar-refractivity contribution in [1.82, 2.24) is 9.97 Å². The molecule has 0 aromatic carbocycles. The number of nitrogens with zero attached hydrogens (tertiary/aromatic N) is 2. The van der Waals surface area contributed by atoms with E-state index in [-0.39, 0.29) is 11.1 Å². The lowest BCUT2D eigenvalue weighted by atomic mass is 10.0. The topological polar surface area (TPSA) is 61.0 Å². The fourth-order valence-corrected chi connectivity index (χ4v) is 1.68. The number of aromatic nitrogens is 2. The lowest BCUT2D eigenvalue weighted by Crippen LogP contribution is -2.43. The highest BCUT2D eigenvalue weighted by atomic mass is 16.1. The maximum atomic E-state index is 11.5. The van der Waals surface area contributed by atoms with Gasteiger partial charge in [0, 0.05) is 5.54 Å². The molecule has 2 rings (SSSR count). The molecule has 0 saturated heterocycles. The minimum absolute atomic E-state index is 0.0129. The molecule has 5 nitrogen and oxygen atoms in total. The molecule has 1 aromatic rings. The van der Waals surface area contributed by atoms with Gasteiger partial charge >= 0.3 is 0 Å². The van der Waals surface area contributed by atoms with Crippen LogP contribution >= 0.6 is 0 Å². The van der Waals surface area contributed by atoms with Crippen molar-refractivity contribution in [3.63, 3.8) is 0 Å². The normalized spacial score (nSPS) is 15.0. The molecule has 0 saturated carbocycles. The van der Waals surface area contributed by atoms with E-state index in [9.17, 15) is 4.79 Å². The highest BCUT2D eigenvalue weighted by Crippen LogP contribution is 2.32. The monoisotopic (exact) mass is 208 g/mol. The van der Waals surface area contributed by atoms with E-state index in [1.165, 1.54) is 6.33 Å². The van der Waals surface area contributed by atoms with E-state index in [2.05, 4.69) is 41.0 Å². The largest absolute Gasteiger partial charge is 0.360 e. The molecule has 1 aliphatic rings. The SMILES string of the molecule is CCC(C)(C)N1CNc2c1nc[nH]c2=O. The number of hydrogen-bond acceptors (Lipinski definition) is 4. The summed E-state index contributed by atoms with van der Waals surface area (Å²) in [5, 5.41) is 3.08. The Hall–Kier alpha value is -1.52. The fraction of sp³-hybridized carbons (Fsp3) is 0.600. The van der Waals surface area contributed by atoms with Crippen LogP contribution in [-0.4, -0.2) is 22.2 Å². The predicted molar refractivity (Wildman–Crippen MR) is 60.2 cm³/mol. The molecule has 2 N–H and O–H groups in total. The van der Waals surface area contributed by atoms with Gasteiger partial charge in [-0.15, -0.1) is 0 Å². The molecule has 0 aliphatic carbocycles. The fourth-order valence-electron chi connectivity index (χ4n) is 1.68. The van der Waals surface area contributed by atoms with Gasteiger partial charge in [-0.25, -0.2) is 4.98 Å². The Kier molecular flexibility index (Phi) is 2.17. The summed E-state index contributed by atoms with van der Waals surface area (Å²) in [5.41, 5.74) is 0.493. The van der Waals surface area contributed by atoms with Crippen molar-refractivity contribution in [1.29, 1.82) is 0 Å². The van der Waals surface area contributed by atoms with Crippen molar-refractivity contribution in [2.75, 3.05) is 16.9 Å². The predicted octanol–water partition coefficient (Wildman–Crippen LogP) is 1.15. The van der Waals surface area contributed by atoms with Crippen LogP contribution in [0.25, 0.3) is 0 Å². The van der Waals surface area contributed by atoms with Gasteiger partial charge < -0.3 is 15.2 Å². The number of fused-ring (bicyclic) bond motifs is 1. The summed E-state index contributed by atoms with van der Waals surface area (Å²) in [4.78, 5) is 20.4. The Morgan fingerprint density at radius 3 is 3.00 bits per heavy atom. The Balaban J connectivity index is 2.46. The lowest BCUT2D eigenvalue weighted by molar-refractivity contribution is 0.457. The molecule has 0 amide bonds. The summed E-state index contributed by atoms with van der Waals surface area (Å²) in [6.45, 7) is 7.07. The maximum absolute atomic E-state index is 11.5. The van der Waals surface area contributed by atoms with E-state index in [1.807, 2.05) is 0 Å². The van der Waals surface area contributed by atoms with Gasteiger partial charge in [-0.2, -0.15) is 0 Å². The molecule has 2 heterocycles. The van der Waals surface area contributed by atoms with Crippen LogP contribution in [0.5, 0.6) is 0 Å². The second-order valence-electron chi connectivity index (χ2n) is 4.36. The Morgan fingerprint density at radius 1 is 1.60 bits per heavy atom. The molecule has 5 heteroatoms. The number of H-pyrrole nitrogens is 1. The molecule has 0 radical (unpaired) electrons. The van der Waals surface area contributed by atoms with Gasteiger partial charge in [-0.3, -0.25) is 4.79 Å². The Labute approximate surface area is 88.5 Å². The summed E-state index contributed by atoms with van der Waals surface area (Å²) in [6, 6.07) is 0. The first-order valence-corrected chi connectivity index (χ1v) is 5.15. The standard InChI is InChI=1S/C10H16N4O/c1-4-10(2,3)14-6-13-7-8(14)11-5-12-9(7)15/h5,13H,4,6H2,1-3H3,(H,11,12,15). The van der Waals surface area contributed by atoms with Crippen LogP contribution in [0.3, 0.4) is 0 Å². The van der Waals surface area contributed by atoms with Crippen LogP contribution in [0.1, 0.15) is 27.2 Å². The number of rotatable bonds is 2. The molecule has 82 valence electrons. The Morgan fingerprint density at radius 2 is 2.33 bits per heavy atom. The summed E-state index contributed by atoms with van der Waals surface area (Å²) < 4.78 is 0. The van der Waals surface area contributed by atoms with E-state index in [0.29, 0.717) is 12.4 Å². The van der Waals surface area contributed by atoms with Crippen molar-refractivity contribution < 1.29 is 0 Å². The molecular formula is C10H16N4O.